The predicted molar refractivity (Wildman–Crippen MR) is 108 cm³/mol. The van der Waals surface area contributed by atoms with Crippen LogP contribution in [-0.4, -0.2) is 19.8 Å². The molecule has 0 fully saturated rings. The summed E-state index contributed by atoms with van der Waals surface area (Å²) in [5.41, 5.74) is 0.184. The number of hydrogen-bond donors (Lipinski definition) is 0. The fourth-order valence-corrected chi connectivity index (χ4v) is 4.09. The predicted octanol–water partition coefficient (Wildman–Crippen LogP) is 6.31. The number of fused-ring (bicyclic) bond motifs is 3. The van der Waals surface area contributed by atoms with Crippen molar-refractivity contribution in [2.45, 2.75) is 39.5 Å². The number of hydrogen-bond acceptors (Lipinski definition) is 3. The van der Waals surface area contributed by atoms with Gasteiger partial charge in [-0.05, 0) is 55.5 Å². The van der Waals surface area contributed by atoms with Gasteiger partial charge in [-0.15, -0.1) is 0 Å². The van der Waals surface area contributed by atoms with E-state index in [9.17, 15) is 17.6 Å². The van der Waals surface area contributed by atoms with Crippen LogP contribution in [0.3, 0.4) is 0 Å². The molecule has 0 spiro atoms. The van der Waals surface area contributed by atoms with Crippen molar-refractivity contribution in [1.82, 2.24) is 0 Å². The lowest BCUT2D eigenvalue weighted by molar-refractivity contribution is 0.104. The van der Waals surface area contributed by atoms with Gasteiger partial charge < -0.3 is 14.2 Å². The molecule has 0 amide bonds. The topological polar surface area (TPSA) is 27.7 Å². The fraction of sp³-hybridized carbons (Fsp3) is 0.417. The highest BCUT2D eigenvalue weighted by atomic mass is 19.2. The second-order valence-corrected chi connectivity index (χ2v) is 7.83. The summed E-state index contributed by atoms with van der Waals surface area (Å²) in [6, 6.07) is 2.71. The van der Waals surface area contributed by atoms with E-state index < -0.39 is 23.3 Å². The van der Waals surface area contributed by atoms with E-state index >= 15 is 0 Å². The third kappa shape index (κ3) is 3.98. The second kappa shape index (κ2) is 8.81. The first-order valence-electron chi connectivity index (χ1n) is 10.5. The van der Waals surface area contributed by atoms with E-state index in [2.05, 4.69) is 6.92 Å². The summed E-state index contributed by atoms with van der Waals surface area (Å²) in [6.45, 7) is 4.49. The Hall–Kier alpha value is -2.70. The molecule has 166 valence electrons. The van der Waals surface area contributed by atoms with Crippen LogP contribution < -0.4 is 9.47 Å². The van der Waals surface area contributed by atoms with Gasteiger partial charge in [-0.25, -0.2) is 8.78 Å². The van der Waals surface area contributed by atoms with Gasteiger partial charge in [0, 0.05) is 23.5 Å². The van der Waals surface area contributed by atoms with Crippen molar-refractivity contribution in [3.8, 4) is 22.6 Å². The van der Waals surface area contributed by atoms with E-state index in [4.69, 9.17) is 14.2 Å². The Morgan fingerprint density at radius 2 is 1.52 bits per heavy atom. The monoisotopic (exact) mass is 436 g/mol. The molecule has 3 nitrogen and oxygen atoms in total. The molecule has 1 heterocycles. The quantitative estimate of drug-likeness (QED) is 0.406. The molecule has 0 N–H and O–H groups in total. The van der Waals surface area contributed by atoms with Crippen molar-refractivity contribution in [1.29, 1.82) is 0 Å². The summed E-state index contributed by atoms with van der Waals surface area (Å²) < 4.78 is 74.9. The number of allylic oxidation sites excluding steroid dienone is 2. The summed E-state index contributed by atoms with van der Waals surface area (Å²) >= 11 is 0. The van der Waals surface area contributed by atoms with Gasteiger partial charge in [0.1, 0.15) is 0 Å². The Bertz CT molecular complexity index is 1030. The Morgan fingerprint density at radius 3 is 2.03 bits per heavy atom. The summed E-state index contributed by atoms with van der Waals surface area (Å²) in [6.07, 6.45) is 4.74. The van der Waals surface area contributed by atoms with E-state index in [1.165, 1.54) is 12.1 Å². The Morgan fingerprint density at radius 1 is 0.903 bits per heavy atom. The molecule has 2 aromatic carbocycles. The Kier molecular flexibility index (Phi) is 6.12. The van der Waals surface area contributed by atoms with Crippen LogP contribution in [0.2, 0.25) is 0 Å². The number of benzene rings is 2. The number of rotatable bonds is 7. The molecule has 7 heteroatoms. The molecular weight excluding hydrogens is 412 g/mol. The summed E-state index contributed by atoms with van der Waals surface area (Å²) in [7, 11) is 0. The van der Waals surface area contributed by atoms with E-state index in [1.807, 2.05) is 6.08 Å². The van der Waals surface area contributed by atoms with Crippen LogP contribution in [0.15, 0.2) is 24.0 Å². The van der Waals surface area contributed by atoms with E-state index in [1.54, 1.807) is 6.92 Å². The van der Waals surface area contributed by atoms with Crippen LogP contribution in [0, 0.1) is 29.2 Å². The van der Waals surface area contributed by atoms with Gasteiger partial charge >= 0.3 is 0 Å². The van der Waals surface area contributed by atoms with Crippen molar-refractivity contribution in [3.05, 3.63) is 58.4 Å². The Labute approximate surface area is 178 Å². The minimum atomic E-state index is -1.24. The highest BCUT2D eigenvalue weighted by Gasteiger charge is 2.33. The van der Waals surface area contributed by atoms with Crippen LogP contribution in [0.5, 0.6) is 11.5 Å². The van der Waals surface area contributed by atoms with E-state index in [0.29, 0.717) is 17.7 Å². The highest BCUT2D eigenvalue weighted by Crippen LogP contribution is 2.45. The highest BCUT2D eigenvalue weighted by molar-refractivity contribution is 5.79. The van der Waals surface area contributed by atoms with Crippen molar-refractivity contribution >= 4 is 0 Å². The summed E-state index contributed by atoms with van der Waals surface area (Å²) in [5, 5.41) is 0. The molecule has 4 rings (SSSR count). The summed E-state index contributed by atoms with van der Waals surface area (Å²) in [5.74, 6) is -4.39. The third-order valence-corrected chi connectivity index (χ3v) is 5.59. The van der Waals surface area contributed by atoms with Crippen LogP contribution in [0.4, 0.5) is 17.6 Å². The SMILES string of the molecule is CCCC1=CCC(COc2cc3c(c(F)c2F)-c2c(cc(OCC)c(F)c2F)C3)CO1. The largest absolute Gasteiger partial charge is 0.498 e. The zero-order chi connectivity index (χ0) is 22.1. The number of ether oxygens (including phenoxy) is 3. The zero-order valence-electron chi connectivity index (χ0n) is 17.5. The van der Waals surface area contributed by atoms with Crippen LogP contribution >= 0.6 is 0 Å². The van der Waals surface area contributed by atoms with Crippen molar-refractivity contribution in [3.63, 3.8) is 0 Å². The normalized spacial score (nSPS) is 17.0. The molecular formula is C24H24F4O3. The average Bonchev–Trinajstić information content (AvgIpc) is 3.13. The van der Waals surface area contributed by atoms with Gasteiger partial charge in [-0.3, -0.25) is 0 Å². The lowest BCUT2D eigenvalue weighted by Crippen LogP contribution is -2.21. The minimum Gasteiger partial charge on any atom is -0.498 e. The maximum absolute atomic E-state index is 14.9. The fourth-order valence-electron chi connectivity index (χ4n) is 4.09. The maximum Gasteiger partial charge on any atom is 0.201 e. The zero-order valence-corrected chi connectivity index (χ0v) is 17.5. The molecule has 0 aromatic heterocycles. The third-order valence-electron chi connectivity index (χ3n) is 5.59. The lowest BCUT2D eigenvalue weighted by atomic mass is 10.0. The molecule has 0 saturated carbocycles. The Balaban J connectivity index is 1.57. The molecule has 0 radical (unpaired) electrons. The van der Waals surface area contributed by atoms with Gasteiger partial charge in [0.2, 0.25) is 11.6 Å². The maximum atomic E-state index is 14.9. The number of halogens is 4. The van der Waals surface area contributed by atoms with E-state index in [-0.39, 0.29) is 48.2 Å². The first-order chi connectivity index (χ1) is 14.9. The van der Waals surface area contributed by atoms with Gasteiger partial charge in [-0.2, -0.15) is 8.78 Å². The van der Waals surface area contributed by atoms with Crippen molar-refractivity contribution < 1.29 is 31.8 Å². The molecule has 2 aliphatic rings. The smallest absolute Gasteiger partial charge is 0.201 e. The van der Waals surface area contributed by atoms with Crippen LogP contribution in [-0.2, 0) is 11.2 Å². The molecule has 1 aliphatic heterocycles. The standard InChI is InChI=1S/C24H24F4O3/c1-3-5-16-7-6-13(11-30-16)12-31-18-10-15-8-14-9-17(29-4-2)21(25)23(27)19(14)20(15)24(28)22(18)26/h7,9-10,13H,3-6,8,11-12H2,1-2H3. The van der Waals surface area contributed by atoms with Gasteiger partial charge in [0.25, 0.3) is 0 Å². The van der Waals surface area contributed by atoms with E-state index in [0.717, 1.165) is 25.0 Å². The minimum absolute atomic E-state index is 0.0220. The van der Waals surface area contributed by atoms with Crippen molar-refractivity contribution in [2.24, 2.45) is 5.92 Å². The van der Waals surface area contributed by atoms with Crippen LogP contribution in [0.1, 0.15) is 44.2 Å². The molecule has 31 heavy (non-hydrogen) atoms. The first-order valence-corrected chi connectivity index (χ1v) is 10.5. The molecule has 1 unspecified atom stereocenters. The molecule has 0 bridgehead atoms. The van der Waals surface area contributed by atoms with Crippen LogP contribution in [0.25, 0.3) is 11.1 Å². The van der Waals surface area contributed by atoms with Gasteiger partial charge in [-0.1, -0.05) is 6.92 Å². The van der Waals surface area contributed by atoms with Gasteiger partial charge in [0.15, 0.2) is 23.1 Å². The first kappa shape index (κ1) is 21.5. The summed E-state index contributed by atoms with van der Waals surface area (Å²) in [4.78, 5) is 0. The second-order valence-electron chi connectivity index (χ2n) is 7.83. The average molecular weight is 436 g/mol. The molecule has 0 saturated heterocycles. The molecule has 2 aromatic rings. The van der Waals surface area contributed by atoms with Crippen molar-refractivity contribution in [2.75, 3.05) is 19.8 Å². The molecule has 1 aliphatic carbocycles. The lowest BCUT2D eigenvalue weighted by Gasteiger charge is -2.23. The molecule has 1 atom stereocenters. The van der Waals surface area contributed by atoms with Gasteiger partial charge in [0.05, 0.1) is 25.6 Å².